The SMILES string of the molecule is CCCCNC(=NCc1cccc(Cl)c1)NCCn1cnnc1CC.I. The van der Waals surface area contributed by atoms with Crippen molar-refractivity contribution >= 4 is 41.5 Å². The third-order valence-corrected chi connectivity index (χ3v) is 4.02. The maximum atomic E-state index is 6.04. The van der Waals surface area contributed by atoms with E-state index in [2.05, 4.69) is 44.2 Å². The Kier molecular flexibility index (Phi) is 11.3. The molecule has 0 aliphatic rings. The molecule has 0 amide bonds. The van der Waals surface area contributed by atoms with E-state index in [4.69, 9.17) is 11.6 Å². The summed E-state index contributed by atoms with van der Waals surface area (Å²) in [7, 11) is 0. The summed E-state index contributed by atoms with van der Waals surface area (Å²) >= 11 is 6.04. The number of nitrogens with zero attached hydrogens (tertiary/aromatic N) is 4. The number of aromatic nitrogens is 3. The van der Waals surface area contributed by atoms with E-state index >= 15 is 0 Å². The molecule has 0 radical (unpaired) electrons. The highest BCUT2D eigenvalue weighted by Gasteiger charge is 2.03. The average Bonchev–Trinajstić information content (AvgIpc) is 3.07. The highest BCUT2D eigenvalue weighted by molar-refractivity contribution is 14.0. The fraction of sp³-hybridized carbons (Fsp3) is 0.500. The van der Waals surface area contributed by atoms with Crippen LogP contribution < -0.4 is 10.6 Å². The maximum absolute atomic E-state index is 6.04. The number of aliphatic imine (C=N–C) groups is 1. The number of benzene rings is 1. The number of aryl methyl sites for hydroxylation is 1. The molecular weight excluding hydrogens is 463 g/mol. The Balaban J connectivity index is 0.00000338. The second kappa shape index (κ2) is 12.9. The lowest BCUT2D eigenvalue weighted by Crippen LogP contribution is -2.39. The van der Waals surface area contributed by atoms with Crippen LogP contribution in [0, 0.1) is 0 Å². The molecule has 0 aliphatic carbocycles. The highest BCUT2D eigenvalue weighted by atomic mass is 127. The number of guanidine groups is 1. The van der Waals surface area contributed by atoms with Gasteiger partial charge < -0.3 is 15.2 Å². The quantitative estimate of drug-likeness (QED) is 0.244. The molecule has 2 N–H and O–H groups in total. The fourth-order valence-electron chi connectivity index (χ4n) is 2.40. The Bertz CT molecular complexity index is 673. The van der Waals surface area contributed by atoms with E-state index in [1.807, 2.05) is 24.3 Å². The predicted octanol–water partition coefficient (Wildman–Crippen LogP) is 3.65. The second-order valence-electron chi connectivity index (χ2n) is 5.80. The van der Waals surface area contributed by atoms with Crippen molar-refractivity contribution in [2.45, 2.75) is 46.2 Å². The number of rotatable bonds is 9. The number of halogens is 2. The Morgan fingerprint density at radius 3 is 2.77 bits per heavy atom. The van der Waals surface area contributed by atoms with Crippen molar-refractivity contribution in [2.75, 3.05) is 13.1 Å². The minimum Gasteiger partial charge on any atom is -0.356 e. The minimum atomic E-state index is 0. The van der Waals surface area contributed by atoms with E-state index in [1.165, 1.54) is 0 Å². The summed E-state index contributed by atoms with van der Waals surface area (Å²) in [4.78, 5) is 4.66. The number of nitrogens with one attached hydrogen (secondary N) is 2. The van der Waals surface area contributed by atoms with E-state index in [9.17, 15) is 0 Å². The van der Waals surface area contributed by atoms with Crippen LogP contribution in [0.15, 0.2) is 35.6 Å². The van der Waals surface area contributed by atoms with Crippen molar-refractivity contribution in [3.05, 3.63) is 47.0 Å². The molecule has 1 aromatic carbocycles. The Morgan fingerprint density at radius 1 is 1.23 bits per heavy atom. The van der Waals surface area contributed by atoms with Crippen LogP contribution in [0.1, 0.15) is 38.1 Å². The minimum absolute atomic E-state index is 0. The van der Waals surface area contributed by atoms with Gasteiger partial charge >= 0.3 is 0 Å². The molecule has 0 bridgehead atoms. The highest BCUT2D eigenvalue weighted by Crippen LogP contribution is 2.11. The van der Waals surface area contributed by atoms with E-state index in [-0.39, 0.29) is 24.0 Å². The normalized spacial score (nSPS) is 11.1. The van der Waals surface area contributed by atoms with E-state index in [0.29, 0.717) is 6.54 Å². The summed E-state index contributed by atoms with van der Waals surface area (Å²) < 4.78 is 2.06. The van der Waals surface area contributed by atoms with Gasteiger partial charge in [-0.25, -0.2) is 4.99 Å². The Morgan fingerprint density at radius 2 is 2.04 bits per heavy atom. The summed E-state index contributed by atoms with van der Waals surface area (Å²) in [6, 6.07) is 7.80. The molecule has 0 saturated carbocycles. The van der Waals surface area contributed by atoms with Gasteiger partial charge in [0.1, 0.15) is 12.2 Å². The van der Waals surface area contributed by atoms with Crippen LogP contribution in [0.4, 0.5) is 0 Å². The van der Waals surface area contributed by atoms with Crippen molar-refractivity contribution in [1.82, 2.24) is 25.4 Å². The van der Waals surface area contributed by atoms with Crippen molar-refractivity contribution in [1.29, 1.82) is 0 Å². The summed E-state index contributed by atoms with van der Waals surface area (Å²) in [6.45, 7) is 7.33. The zero-order valence-corrected chi connectivity index (χ0v) is 18.5. The summed E-state index contributed by atoms with van der Waals surface area (Å²) in [5.41, 5.74) is 1.09. The van der Waals surface area contributed by atoms with Gasteiger partial charge in [-0.2, -0.15) is 0 Å². The number of unbranched alkanes of at least 4 members (excludes halogenated alkanes) is 1. The zero-order chi connectivity index (χ0) is 17.9. The van der Waals surface area contributed by atoms with Gasteiger partial charge in [0, 0.05) is 31.1 Å². The lowest BCUT2D eigenvalue weighted by atomic mass is 10.2. The first-order valence-corrected chi connectivity index (χ1v) is 9.24. The molecule has 2 aromatic rings. The molecule has 144 valence electrons. The predicted molar refractivity (Wildman–Crippen MR) is 118 cm³/mol. The first kappa shape index (κ1) is 22.7. The molecule has 8 heteroatoms. The first-order valence-electron chi connectivity index (χ1n) is 8.86. The fourth-order valence-corrected chi connectivity index (χ4v) is 2.61. The lowest BCUT2D eigenvalue weighted by molar-refractivity contribution is 0.628. The molecule has 1 aromatic heterocycles. The van der Waals surface area contributed by atoms with Gasteiger partial charge in [0.15, 0.2) is 5.96 Å². The summed E-state index contributed by atoms with van der Waals surface area (Å²) in [6.07, 6.45) is 4.91. The molecule has 0 unspecified atom stereocenters. The first-order chi connectivity index (χ1) is 12.2. The van der Waals surface area contributed by atoms with Crippen LogP contribution in [0.2, 0.25) is 5.02 Å². The molecule has 0 saturated heterocycles. The summed E-state index contributed by atoms with van der Waals surface area (Å²) in [5.74, 6) is 1.82. The zero-order valence-electron chi connectivity index (χ0n) is 15.4. The largest absolute Gasteiger partial charge is 0.356 e. The molecule has 1 heterocycles. The van der Waals surface area contributed by atoms with Crippen LogP contribution in [0.5, 0.6) is 0 Å². The van der Waals surface area contributed by atoms with Crippen LogP contribution in [0.3, 0.4) is 0 Å². The monoisotopic (exact) mass is 490 g/mol. The van der Waals surface area contributed by atoms with Crippen molar-refractivity contribution in [2.24, 2.45) is 4.99 Å². The number of hydrogen-bond donors (Lipinski definition) is 2. The Labute approximate surface area is 177 Å². The van der Waals surface area contributed by atoms with Gasteiger partial charge in [-0.05, 0) is 24.1 Å². The second-order valence-corrected chi connectivity index (χ2v) is 6.23. The van der Waals surface area contributed by atoms with Crippen LogP contribution in [0.25, 0.3) is 0 Å². The molecule has 0 atom stereocenters. The van der Waals surface area contributed by atoms with E-state index in [1.54, 1.807) is 6.33 Å². The van der Waals surface area contributed by atoms with Crippen LogP contribution >= 0.6 is 35.6 Å². The van der Waals surface area contributed by atoms with Crippen molar-refractivity contribution < 1.29 is 0 Å². The van der Waals surface area contributed by atoms with Gasteiger partial charge in [0.2, 0.25) is 0 Å². The molecule has 0 fully saturated rings. The van der Waals surface area contributed by atoms with Gasteiger partial charge in [0.25, 0.3) is 0 Å². The molecular formula is C18H28ClIN6. The summed E-state index contributed by atoms with van der Waals surface area (Å²) in [5, 5.41) is 15.6. The molecule has 26 heavy (non-hydrogen) atoms. The van der Waals surface area contributed by atoms with E-state index < -0.39 is 0 Å². The molecule has 0 aliphatic heterocycles. The Hall–Kier alpha value is -1.35. The smallest absolute Gasteiger partial charge is 0.191 e. The standard InChI is InChI=1S/C18H27ClN6.HI/c1-3-5-9-20-18(22-13-15-7-6-8-16(19)12-15)21-10-11-25-14-23-24-17(25)4-2;/h6-8,12,14H,3-5,9-11,13H2,1-2H3,(H2,20,21,22);1H. The van der Waals surface area contributed by atoms with Gasteiger partial charge in [-0.1, -0.05) is 44.0 Å². The third-order valence-electron chi connectivity index (χ3n) is 3.79. The average molecular weight is 491 g/mol. The molecule has 2 rings (SSSR count). The van der Waals surface area contributed by atoms with Gasteiger partial charge in [0.05, 0.1) is 6.54 Å². The van der Waals surface area contributed by atoms with Crippen LogP contribution in [-0.4, -0.2) is 33.8 Å². The molecule has 6 nitrogen and oxygen atoms in total. The van der Waals surface area contributed by atoms with Crippen molar-refractivity contribution in [3.63, 3.8) is 0 Å². The van der Waals surface area contributed by atoms with E-state index in [0.717, 1.165) is 61.3 Å². The van der Waals surface area contributed by atoms with Gasteiger partial charge in [-0.3, -0.25) is 0 Å². The lowest BCUT2D eigenvalue weighted by Gasteiger charge is -2.13. The third kappa shape index (κ3) is 7.90. The van der Waals surface area contributed by atoms with Crippen molar-refractivity contribution in [3.8, 4) is 0 Å². The molecule has 0 spiro atoms. The van der Waals surface area contributed by atoms with Crippen LogP contribution in [-0.2, 0) is 19.5 Å². The topological polar surface area (TPSA) is 67.1 Å². The number of hydrogen-bond acceptors (Lipinski definition) is 3. The maximum Gasteiger partial charge on any atom is 0.191 e. The van der Waals surface area contributed by atoms with Gasteiger partial charge in [-0.15, -0.1) is 34.2 Å².